The number of hydrogen-bond donors (Lipinski definition) is 0. The van der Waals surface area contributed by atoms with E-state index in [4.69, 9.17) is 4.74 Å². The fourth-order valence-corrected chi connectivity index (χ4v) is 4.24. The van der Waals surface area contributed by atoms with Gasteiger partial charge in [-0.15, -0.1) is 11.3 Å². The Bertz CT molecular complexity index is 814. The maximum absolute atomic E-state index is 12.1. The van der Waals surface area contributed by atoms with Crippen LogP contribution in [0, 0.1) is 0 Å². The van der Waals surface area contributed by atoms with Crippen LogP contribution in [0.1, 0.15) is 29.8 Å². The third kappa shape index (κ3) is 3.40. The lowest BCUT2D eigenvalue weighted by Gasteiger charge is -2.21. The van der Waals surface area contributed by atoms with Crippen molar-refractivity contribution in [1.29, 1.82) is 0 Å². The van der Waals surface area contributed by atoms with Gasteiger partial charge in [-0.05, 0) is 36.1 Å². The van der Waals surface area contributed by atoms with Crippen LogP contribution in [0.2, 0.25) is 0 Å². The van der Waals surface area contributed by atoms with Gasteiger partial charge in [0, 0.05) is 6.42 Å². The number of benzene rings is 1. The third-order valence-corrected chi connectivity index (χ3v) is 5.51. The zero-order valence-electron chi connectivity index (χ0n) is 13.0. The summed E-state index contributed by atoms with van der Waals surface area (Å²) in [6, 6.07) is 11.1. The molecule has 7 heteroatoms. The number of hydrazone groups is 1. The normalized spacial score (nSPS) is 18.1. The van der Waals surface area contributed by atoms with Gasteiger partial charge >= 0.3 is 0 Å². The van der Waals surface area contributed by atoms with Gasteiger partial charge in [-0.1, -0.05) is 18.2 Å². The second kappa shape index (κ2) is 6.33. The highest BCUT2D eigenvalue weighted by molar-refractivity contribution is 7.88. The molecule has 0 unspecified atom stereocenters. The molecule has 1 aromatic carbocycles. The van der Waals surface area contributed by atoms with Gasteiger partial charge in [-0.2, -0.15) is 9.52 Å². The van der Waals surface area contributed by atoms with Crippen molar-refractivity contribution in [3.05, 3.63) is 52.2 Å². The molecule has 1 aromatic heterocycles. The van der Waals surface area contributed by atoms with Crippen molar-refractivity contribution in [3.8, 4) is 5.75 Å². The van der Waals surface area contributed by atoms with Crippen molar-refractivity contribution >= 4 is 27.1 Å². The summed E-state index contributed by atoms with van der Waals surface area (Å²) in [6.07, 6.45) is 1.75. The van der Waals surface area contributed by atoms with Crippen LogP contribution in [0.15, 0.2) is 46.9 Å². The second-order valence-electron chi connectivity index (χ2n) is 5.28. The average Bonchev–Trinajstić information content (AvgIpc) is 3.16. The predicted molar refractivity (Wildman–Crippen MR) is 92.5 cm³/mol. The molecular weight excluding hydrogens is 332 g/mol. The fourth-order valence-electron chi connectivity index (χ4n) is 2.61. The molecule has 0 saturated carbocycles. The van der Waals surface area contributed by atoms with Gasteiger partial charge in [-0.25, -0.2) is 8.42 Å². The number of thiophene rings is 1. The summed E-state index contributed by atoms with van der Waals surface area (Å²) >= 11 is 1.56. The zero-order valence-corrected chi connectivity index (χ0v) is 14.6. The molecule has 1 atom stereocenters. The second-order valence-corrected chi connectivity index (χ2v) is 8.07. The van der Waals surface area contributed by atoms with Crippen molar-refractivity contribution in [2.75, 3.05) is 12.9 Å². The lowest BCUT2D eigenvalue weighted by molar-refractivity contribution is 0.336. The molecule has 122 valence electrons. The highest BCUT2D eigenvalue weighted by atomic mass is 32.2. The van der Waals surface area contributed by atoms with Gasteiger partial charge in [0.1, 0.15) is 5.75 Å². The van der Waals surface area contributed by atoms with E-state index in [1.807, 2.05) is 48.7 Å². The van der Waals surface area contributed by atoms with Crippen LogP contribution >= 0.6 is 11.3 Å². The molecule has 2 heterocycles. The lowest BCUT2D eigenvalue weighted by Crippen LogP contribution is -2.25. The largest absolute Gasteiger partial charge is 0.494 e. The molecule has 0 N–H and O–H groups in total. The van der Waals surface area contributed by atoms with Gasteiger partial charge in [-0.3, -0.25) is 0 Å². The highest BCUT2D eigenvalue weighted by Crippen LogP contribution is 2.36. The molecule has 0 spiro atoms. The number of hydrogen-bond acceptors (Lipinski definition) is 5. The monoisotopic (exact) mass is 350 g/mol. The zero-order chi connectivity index (χ0) is 16.4. The molecular formula is C16H18N2O3S2. The Morgan fingerprint density at radius 1 is 1.35 bits per heavy atom. The molecule has 0 fully saturated rings. The Labute approximate surface area is 140 Å². The maximum Gasteiger partial charge on any atom is 0.247 e. The minimum atomic E-state index is -3.44. The van der Waals surface area contributed by atoms with Crippen LogP contribution in [0.5, 0.6) is 5.75 Å². The number of sulfonamides is 1. The summed E-state index contributed by atoms with van der Waals surface area (Å²) < 4.78 is 31.0. The summed E-state index contributed by atoms with van der Waals surface area (Å²) in [5.74, 6) is 0.739. The Balaban J connectivity index is 1.97. The van der Waals surface area contributed by atoms with E-state index in [1.165, 1.54) is 10.7 Å². The van der Waals surface area contributed by atoms with Crippen LogP contribution in [0.4, 0.5) is 0 Å². The van der Waals surface area contributed by atoms with E-state index in [1.54, 1.807) is 11.3 Å². The first kappa shape index (κ1) is 16.0. The van der Waals surface area contributed by atoms with Gasteiger partial charge in [0.15, 0.2) is 0 Å². The topological polar surface area (TPSA) is 59.0 Å². The van der Waals surface area contributed by atoms with Crippen LogP contribution < -0.4 is 4.74 Å². The molecule has 0 radical (unpaired) electrons. The molecule has 0 aliphatic carbocycles. The Morgan fingerprint density at radius 2 is 2.17 bits per heavy atom. The fraction of sp³-hybridized carbons (Fsp3) is 0.312. The molecule has 2 aromatic rings. The van der Waals surface area contributed by atoms with E-state index in [9.17, 15) is 8.42 Å². The van der Waals surface area contributed by atoms with E-state index in [0.29, 0.717) is 13.0 Å². The van der Waals surface area contributed by atoms with E-state index in [-0.39, 0.29) is 6.04 Å². The van der Waals surface area contributed by atoms with E-state index in [2.05, 4.69) is 5.10 Å². The van der Waals surface area contributed by atoms with Crippen LogP contribution in [-0.4, -0.2) is 31.4 Å². The molecule has 0 bridgehead atoms. The van der Waals surface area contributed by atoms with Gasteiger partial charge < -0.3 is 4.74 Å². The summed E-state index contributed by atoms with van der Waals surface area (Å²) in [6.45, 7) is 2.49. The molecule has 1 aliphatic heterocycles. The standard InChI is InChI=1S/C16H18N2O3S2/c1-3-21-13-7-4-6-12(10-13)15-11-14(16-8-5-9-22-16)17-18(15)23(2,19)20/h4-10,15H,3,11H2,1-2H3/t15-/m0/s1. The Morgan fingerprint density at radius 3 is 2.83 bits per heavy atom. The maximum atomic E-state index is 12.1. The smallest absolute Gasteiger partial charge is 0.247 e. The number of nitrogens with zero attached hydrogens (tertiary/aromatic N) is 2. The van der Waals surface area contributed by atoms with Crippen molar-refractivity contribution in [1.82, 2.24) is 4.41 Å². The van der Waals surface area contributed by atoms with Crippen LogP contribution in [0.3, 0.4) is 0 Å². The first-order valence-corrected chi connectivity index (χ1v) is 10.1. The molecule has 23 heavy (non-hydrogen) atoms. The Kier molecular flexibility index (Phi) is 4.41. The van der Waals surface area contributed by atoms with Gasteiger partial charge in [0.25, 0.3) is 0 Å². The summed E-state index contributed by atoms with van der Waals surface area (Å²) in [7, 11) is -3.44. The average molecular weight is 350 g/mol. The van der Waals surface area contributed by atoms with Crippen molar-refractivity contribution in [2.45, 2.75) is 19.4 Å². The molecule has 1 aliphatic rings. The van der Waals surface area contributed by atoms with Crippen molar-refractivity contribution in [2.24, 2.45) is 5.10 Å². The summed E-state index contributed by atoms with van der Waals surface area (Å²) in [5, 5.41) is 6.33. The van der Waals surface area contributed by atoms with Crippen molar-refractivity contribution in [3.63, 3.8) is 0 Å². The number of rotatable bonds is 5. The van der Waals surface area contributed by atoms with Crippen LogP contribution in [0.25, 0.3) is 0 Å². The minimum Gasteiger partial charge on any atom is -0.494 e. The number of ether oxygens (including phenoxy) is 1. The van der Waals surface area contributed by atoms with E-state index in [0.717, 1.165) is 21.9 Å². The SMILES string of the molecule is CCOc1cccc([C@@H]2CC(c3cccs3)=NN2S(C)(=O)=O)c1. The molecule has 5 nitrogen and oxygen atoms in total. The molecule has 3 rings (SSSR count). The van der Waals surface area contributed by atoms with Gasteiger partial charge in [0.2, 0.25) is 10.0 Å². The lowest BCUT2D eigenvalue weighted by atomic mass is 10.0. The van der Waals surface area contributed by atoms with E-state index >= 15 is 0 Å². The highest BCUT2D eigenvalue weighted by Gasteiger charge is 2.34. The van der Waals surface area contributed by atoms with E-state index < -0.39 is 10.0 Å². The first-order valence-electron chi connectivity index (χ1n) is 7.32. The predicted octanol–water partition coefficient (Wildman–Crippen LogP) is 3.26. The third-order valence-electron chi connectivity index (χ3n) is 3.57. The van der Waals surface area contributed by atoms with Gasteiger partial charge in [0.05, 0.1) is 29.5 Å². The summed E-state index contributed by atoms with van der Waals surface area (Å²) in [4.78, 5) is 1.00. The quantitative estimate of drug-likeness (QED) is 0.832. The minimum absolute atomic E-state index is 0.331. The summed E-state index contributed by atoms with van der Waals surface area (Å²) in [5.41, 5.74) is 1.69. The van der Waals surface area contributed by atoms with Crippen molar-refractivity contribution < 1.29 is 13.2 Å². The van der Waals surface area contributed by atoms with Crippen LogP contribution in [-0.2, 0) is 10.0 Å². The molecule has 0 saturated heterocycles. The first-order chi connectivity index (χ1) is 11.0. The molecule has 0 amide bonds. The Hall–Kier alpha value is -1.86.